The van der Waals surface area contributed by atoms with Gasteiger partial charge in [0, 0.05) is 25.7 Å². The Hall–Kier alpha value is -0.120. The van der Waals surface area contributed by atoms with E-state index in [4.69, 9.17) is 10.5 Å². The SMILES string of the molecule is COCCN1CC(CN)CC1(C)C. The minimum absolute atomic E-state index is 0.308. The molecule has 1 atom stereocenters. The van der Waals surface area contributed by atoms with E-state index in [1.165, 1.54) is 6.42 Å². The third-order valence-corrected chi connectivity index (χ3v) is 3.02. The number of rotatable bonds is 4. The van der Waals surface area contributed by atoms with E-state index in [0.29, 0.717) is 11.5 Å². The quantitative estimate of drug-likeness (QED) is 0.702. The Kier molecular flexibility index (Phi) is 3.71. The van der Waals surface area contributed by atoms with Gasteiger partial charge in [0.05, 0.1) is 6.61 Å². The van der Waals surface area contributed by atoms with Crippen LogP contribution in [0.25, 0.3) is 0 Å². The molecule has 0 aromatic heterocycles. The second kappa shape index (κ2) is 4.40. The second-order valence-corrected chi connectivity index (χ2v) is 4.56. The van der Waals surface area contributed by atoms with Gasteiger partial charge in [0.1, 0.15) is 0 Å². The van der Waals surface area contributed by atoms with Crippen LogP contribution in [-0.4, -0.2) is 43.8 Å². The van der Waals surface area contributed by atoms with Crippen molar-refractivity contribution in [3.63, 3.8) is 0 Å². The molecule has 1 unspecified atom stereocenters. The van der Waals surface area contributed by atoms with Crippen molar-refractivity contribution in [2.24, 2.45) is 11.7 Å². The smallest absolute Gasteiger partial charge is 0.0589 e. The Balaban J connectivity index is 2.44. The fourth-order valence-corrected chi connectivity index (χ4v) is 2.21. The summed E-state index contributed by atoms with van der Waals surface area (Å²) in [5, 5.41) is 0. The average Bonchev–Trinajstić information content (AvgIpc) is 2.37. The normalized spacial score (nSPS) is 28.2. The van der Waals surface area contributed by atoms with Crippen molar-refractivity contribution in [3.8, 4) is 0 Å². The topological polar surface area (TPSA) is 38.5 Å². The molecule has 0 radical (unpaired) electrons. The zero-order valence-electron chi connectivity index (χ0n) is 9.05. The molecular formula is C10H22N2O. The predicted molar refractivity (Wildman–Crippen MR) is 54.7 cm³/mol. The Morgan fingerprint density at radius 1 is 1.54 bits per heavy atom. The highest BCUT2D eigenvalue weighted by Gasteiger charge is 2.36. The molecule has 0 aliphatic carbocycles. The Labute approximate surface area is 81.2 Å². The molecule has 0 aromatic carbocycles. The summed E-state index contributed by atoms with van der Waals surface area (Å²) < 4.78 is 5.09. The van der Waals surface area contributed by atoms with Crippen LogP contribution in [0, 0.1) is 5.92 Å². The molecule has 1 fully saturated rings. The lowest BCUT2D eigenvalue weighted by Gasteiger charge is -2.30. The summed E-state index contributed by atoms with van der Waals surface area (Å²) in [7, 11) is 1.75. The summed E-state index contributed by atoms with van der Waals surface area (Å²) in [6.07, 6.45) is 1.22. The van der Waals surface area contributed by atoms with E-state index in [1.54, 1.807) is 7.11 Å². The molecule has 2 N–H and O–H groups in total. The van der Waals surface area contributed by atoms with Gasteiger partial charge in [0.15, 0.2) is 0 Å². The number of hydrogen-bond acceptors (Lipinski definition) is 3. The van der Waals surface area contributed by atoms with Gasteiger partial charge in [-0.2, -0.15) is 0 Å². The first-order chi connectivity index (χ1) is 6.10. The summed E-state index contributed by atoms with van der Waals surface area (Å²) >= 11 is 0. The molecule has 0 saturated carbocycles. The van der Waals surface area contributed by atoms with Crippen LogP contribution >= 0.6 is 0 Å². The van der Waals surface area contributed by atoms with Crippen molar-refractivity contribution < 1.29 is 4.74 Å². The number of nitrogens with zero attached hydrogens (tertiary/aromatic N) is 1. The maximum Gasteiger partial charge on any atom is 0.0589 e. The van der Waals surface area contributed by atoms with Gasteiger partial charge in [-0.05, 0) is 32.7 Å². The fourth-order valence-electron chi connectivity index (χ4n) is 2.21. The molecular weight excluding hydrogens is 164 g/mol. The maximum atomic E-state index is 5.69. The van der Waals surface area contributed by atoms with E-state index < -0.39 is 0 Å². The molecule has 1 saturated heterocycles. The Morgan fingerprint density at radius 3 is 2.69 bits per heavy atom. The van der Waals surface area contributed by atoms with Crippen molar-refractivity contribution in [2.75, 3.05) is 33.4 Å². The first-order valence-electron chi connectivity index (χ1n) is 5.04. The highest BCUT2D eigenvalue weighted by Crippen LogP contribution is 2.31. The molecule has 1 rings (SSSR count). The lowest BCUT2D eigenvalue weighted by Crippen LogP contribution is -2.40. The lowest BCUT2D eigenvalue weighted by atomic mass is 9.97. The van der Waals surface area contributed by atoms with Gasteiger partial charge >= 0.3 is 0 Å². The van der Waals surface area contributed by atoms with Crippen molar-refractivity contribution in [1.82, 2.24) is 4.90 Å². The van der Waals surface area contributed by atoms with Crippen LogP contribution in [-0.2, 0) is 4.74 Å². The molecule has 0 bridgehead atoms. The number of likely N-dealkylation sites (tertiary alicyclic amines) is 1. The van der Waals surface area contributed by atoms with Gasteiger partial charge in [-0.15, -0.1) is 0 Å². The van der Waals surface area contributed by atoms with Gasteiger partial charge in [-0.25, -0.2) is 0 Å². The highest BCUT2D eigenvalue weighted by molar-refractivity contribution is 4.92. The summed E-state index contributed by atoms with van der Waals surface area (Å²) in [5.41, 5.74) is 6.00. The zero-order chi connectivity index (χ0) is 9.90. The second-order valence-electron chi connectivity index (χ2n) is 4.56. The first kappa shape index (κ1) is 11.0. The van der Waals surface area contributed by atoms with Crippen molar-refractivity contribution >= 4 is 0 Å². The Morgan fingerprint density at radius 2 is 2.23 bits per heavy atom. The zero-order valence-corrected chi connectivity index (χ0v) is 9.05. The maximum absolute atomic E-state index is 5.69. The minimum Gasteiger partial charge on any atom is -0.383 e. The van der Waals surface area contributed by atoms with Crippen LogP contribution in [0.3, 0.4) is 0 Å². The van der Waals surface area contributed by atoms with E-state index >= 15 is 0 Å². The average molecular weight is 186 g/mol. The largest absolute Gasteiger partial charge is 0.383 e. The monoisotopic (exact) mass is 186 g/mol. The van der Waals surface area contributed by atoms with E-state index in [1.807, 2.05) is 0 Å². The standard InChI is InChI=1S/C10H22N2O/c1-10(2)6-9(7-11)8-12(10)4-5-13-3/h9H,4-8,11H2,1-3H3. The predicted octanol–water partition coefficient (Wildman–Crippen LogP) is 0.692. The molecule has 1 aliphatic heterocycles. The van der Waals surface area contributed by atoms with Gasteiger partial charge in [-0.1, -0.05) is 0 Å². The number of hydrogen-bond donors (Lipinski definition) is 1. The van der Waals surface area contributed by atoms with E-state index in [0.717, 1.165) is 26.2 Å². The first-order valence-corrected chi connectivity index (χ1v) is 5.04. The number of nitrogens with two attached hydrogens (primary N) is 1. The van der Waals surface area contributed by atoms with E-state index in [2.05, 4.69) is 18.7 Å². The Bertz CT molecular complexity index is 159. The fraction of sp³-hybridized carbons (Fsp3) is 1.00. The highest BCUT2D eigenvalue weighted by atomic mass is 16.5. The molecule has 1 aliphatic rings. The van der Waals surface area contributed by atoms with Crippen LogP contribution in [0.15, 0.2) is 0 Å². The summed E-state index contributed by atoms with van der Waals surface area (Å²) in [4.78, 5) is 2.48. The van der Waals surface area contributed by atoms with Crippen LogP contribution in [0.4, 0.5) is 0 Å². The molecule has 13 heavy (non-hydrogen) atoms. The van der Waals surface area contributed by atoms with Crippen LogP contribution < -0.4 is 5.73 Å². The summed E-state index contributed by atoms with van der Waals surface area (Å²) in [5.74, 6) is 0.673. The van der Waals surface area contributed by atoms with Crippen molar-refractivity contribution in [2.45, 2.75) is 25.8 Å². The van der Waals surface area contributed by atoms with E-state index in [-0.39, 0.29) is 0 Å². The van der Waals surface area contributed by atoms with Crippen molar-refractivity contribution in [1.29, 1.82) is 0 Å². The summed E-state index contributed by atoms with van der Waals surface area (Å²) in [6.45, 7) is 8.37. The third kappa shape index (κ3) is 2.66. The molecule has 1 heterocycles. The van der Waals surface area contributed by atoms with Gasteiger partial charge in [0.25, 0.3) is 0 Å². The molecule has 3 nitrogen and oxygen atoms in total. The van der Waals surface area contributed by atoms with Gasteiger partial charge in [-0.3, -0.25) is 4.90 Å². The van der Waals surface area contributed by atoms with Gasteiger partial charge < -0.3 is 10.5 Å². The molecule has 0 aromatic rings. The minimum atomic E-state index is 0.308. The molecule has 78 valence electrons. The number of methoxy groups -OCH3 is 1. The third-order valence-electron chi connectivity index (χ3n) is 3.02. The lowest BCUT2D eigenvalue weighted by molar-refractivity contribution is 0.109. The molecule has 0 amide bonds. The van der Waals surface area contributed by atoms with Gasteiger partial charge in [0.2, 0.25) is 0 Å². The van der Waals surface area contributed by atoms with Crippen molar-refractivity contribution in [3.05, 3.63) is 0 Å². The van der Waals surface area contributed by atoms with Crippen LogP contribution in [0.2, 0.25) is 0 Å². The van der Waals surface area contributed by atoms with Crippen LogP contribution in [0.5, 0.6) is 0 Å². The number of ether oxygens (including phenoxy) is 1. The van der Waals surface area contributed by atoms with E-state index in [9.17, 15) is 0 Å². The molecule has 3 heteroatoms. The van der Waals surface area contributed by atoms with Crippen LogP contribution in [0.1, 0.15) is 20.3 Å². The summed E-state index contributed by atoms with van der Waals surface area (Å²) in [6, 6.07) is 0. The molecule has 0 spiro atoms.